The van der Waals surface area contributed by atoms with Gasteiger partial charge in [0.2, 0.25) is 6.41 Å². The third-order valence-corrected chi connectivity index (χ3v) is 1.73. The van der Waals surface area contributed by atoms with Gasteiger partial charge in [-0.05, 0) is 0 Å². The van der Waals surface area contributed by atoms with Crippen molar-refractivity contribution in [2.75, 3.05) is 0 Å². The highest BCUT2D eigenvalue weighted by Crippen LogP contribution is 1.83. The standard InChI is InChI=1S/CH5N3O5S2/c2-11(8,9)4(1-5)3-10(6)7/h1,3H,(H,6,7)(H2,2,8,9). The first-order valence-electron chi connectivity index (χ1n) is 2.02. The number of nitrogens with two attached hydrogens (primary N) is 1. The van der Waals surface area contributed by atoms with Crippen LogP contribution >= 0.6 is 0 Å². The molecule has 0 heterocycles. The Morgan fingerprint density at radius 2 is 2.09 bits per heavy atom. The smallest absolute Gasteiger partial charge is 0.292 e. The second-order valence-electron chi connectivity index (χ2n) is 1.29. The average molecular weight is 203 g/mol. The number of hydrogen-bond donors (Lipinski definition) is 3. The molecule has 0 saturated carbocycles. The molecule has 0 aliphatic rings. The Balaban J connectivity index is 4.44. The Labute approximate surface area is 64.9 Å². The highest BCUT2D eigenvalue weighted by atomic mass is 32.2. The molecule has 0 bridgehead atoms. The summed E-state index contributed by atoms with van der Waals surface area (Å²) in [5, 5.41) is 4.40. The molecule has 11 heavy (non-hydrogen) atoms. The van der Waals surface area contributed by atoms with Crippen LogP contribution in [0.3, 0.4) is 0 Å². The number of amides is 1. The minimum Gasteiger partial charge on any atom is -0.292 e. The quantitative estimate of drug-likeness (QED) is 0.260. The van der Waals surface area contributed by atoms with Crippen LogP contribution in [0, 0.1) is 0 Å². The van der Waals surface area contributed by atoms with Gasteiger partial charge in [0.05, 0.1) is 0 Å². The number of rotatable bonds is 4. The van der Waals surface area contributed by atoms with Gasteiger partial charge < -0.3 is 0 Å². The van der Waals surface area contributed by atoms with Crippen molar-refractivity contribution in [3.05, 3.63) is 0 Å². The van der Waals surface area contributed by atoms with E-state index < -0.39 is 21.5 Å². The zero-order chi connectivity index (χ0) is 9.07. The lowest BCUT2D eigenvalue weighted by atomic mass is 11.4. The molecule has 0 spiro atoms. The number of carbonyl (C=O) groups is 1. The largest absolute Gasteiger partial charge is 0.315 e. The van der Waals surface area contributed by atoms with Gasteiger partial charge in [0, 0.05) is 0 Å². The van der Waals surface area contributed by atoms with Crippen molar-refractivity contribution < 1.29 is 22.0 Å². The Morgan fingerprint density at radius 1 is 1.64 bits per heavy atom. The summed E-state index contributed by atoms with van der Waals surface area (Å²) < 4.78 is 38.3. The third-order valence-electron chi connectivity index (χ3n) is 0.538. The van der Waals surface area contributed by atoms with E-state index in [-0.39, 0.29) is 10.8 Å². The fourth-order valence-corrected chi connectivity index (χ4v) is 1.13. The van der Waals surface area contributed by atoms with Crippen molar-refractivity contribution in [2.24, 2.45) is 5.14 Å². The Kier molecular flexibility index (Phi) is 3.54. The molecular formula is CH5N3O5S2. The average Bonchev–Trinajstić information content (AvgIpc) is 1.79. The maximum Gasteiger partial charge on any atom is 0.315 e. The fourth-order valence-electron chi connectivity index (χ4n) is 0.210. The van der Waals surface area contributed by atoms with Gasteiger partial charge in [-0.1, -0.05) is 0 Å². The lowest BCUT2D eigenvalue weighted by Gasteiger charge is -2.10. The van der Waals surface area contributed by atoms with Gasteiger partial charge in [-0.2, -0.15) is 8.42 Å². The van der Waals surface area contributed by atoms with Gasteiger partial charge >= 0.3 is 10.2 Å². The minimum atomic E-state index is -4.31. The molecule has 0 radical (unpaired) electrons. The van der Waals surface area contributed by atoms with Crippen molar-refractivity contribution >= 4 is 27.9 Å². The van der Waals surface area contributed by atoms with Gasteiger partial charge in [-0.25, -0.2) is 9.35 Å². The van der Waals surface area contributed by atoms with Gasteiger partial charge in [0.15, 0.2) is 0 Å². The summed E-state index contributed by atoms with van der Waals surface area (Å²) in [7, 11) is -4.31. The highest BCUT2D eigenvalue weighted by Gasteiger charge is 2.15. The van der Waals surface area contributed by atoms with Gasteiger partial charge in [0.25, 0.3) is 11.3 Å². The van der Waals surface area contributed by atoms with E-state index in [9.17, 15) is 17.4 Å². The van der Waals surface area contributed by atoms with Crippen molar-refractivity contribution in [2.45, 2.75) is 0 Å². The van der Waals surface area contributed by atoms with Crippen LogP contribution in [0.2, 0.25) is 0 Å². The number of carbonyl (C=O) groups excluding carboxylic acids is 1. The molecule has 8 nitrogen and oxygen atoms in total. The number of nitrogens with one attached hydrogen (secondary N) is 1. The summed E-state index contributed by atoms with van der Waals surface area (Å²) in [4.78, 5) is 11.2. The maximum atomic E-state index is 10.3. The molecule has 10 heteroatoms. The number of hydrogen-bond acceptors (Lipinski definition) is 4. The molecule has 0 aromatic heterocycles. The predicted octanol–water partition coefficient (Wildman–Crippen LogP) is -2.71. The monoisotopic (exact) mass is 203 g/mol. The first-order chi connectivity index (χ1) is 4.88. The first kappa shape index (κ1) is 10.4. The molecule has 0 rings (SSSR count). The van der Waals surface area contributed by atoms with Crippen LogP contribution in [-0.4, -0.2) is 28.0 Å². The topological polar surface area (TPSA) is 130 Å². The number of hydrazine groups is 1. The molecule has 1 amide bonds. The van der Waals surface area contributed by atoms with Crippen molar-refractivity contribution in [1.82, 2.24) is 9.25 Å². The van der Waals surface area contributed by atoms with E-state index in [1.807, 2.05) is 0 Å². The summed E-state index contributed by atoms with van der Waals surface area (Å²) in [5.41, 5.74) is 0. The fraction of sp³-hybridized carbons (Fsp3) is 0. The molecular weight excluding hydrogens is 198 g/mol. The lowest BCUT2D eigenvalue weighted by molar-refractivity contribution is -0.115. The minimum absolute atomic E-state index is 0.219. The Hall–Kier alpha value is -0.550. The maximum absolute atomic E-state index is 10.3. The number of nitrogens with zero attached hydrogens (tertiary/aromatic N) is 1. The van der Waals surface area contributed by atoms with E-state index in [2.05, 4.69) is 5.14 Å². The van der Waals surface area contributed by atoms with Gasteiger partial charge in [0.1, 0.15) is 0 Å². The van der Waals surface area contributed by atoms with Crippen LogP contribution in [0.1, 0.15) is 0 Å². The van der Waals surface area contributed by atoms with E-state index in [1.54, 1.807) is 0 Å². The van der Waals surface area contributed by atoms with E-state index in [0.717, 1.165) is 0 Å². The van der Waals surface area contributed by atoms with Crippen LogP contribution in [0.4, 0.5) is 0 Å². The van der Waals surface area contributed by atoms with E-state index in [4.69, 9.17) is 4.55 Å². The molecule has 4 N–H and O–H groups in total. The molecule has 1 atom stereocenters. The molecule has 66 valence electrons. The molecule has 0 aliphatic heterocycles. The van der Waals surface area contributed by atoms with Gasteiger partial charge in [-0.15, -0.1) is 9.25 Å². The zero-order valence-electron chi connectivity index (χ0n) is 5.00. The van der Waals surface area contributed by atoms with Crippen LogP contribution in [-0.2, 0) is 26.3 Å². The van der Waals surface area contributed by atoms with Crippen LogP contribution in [0.15, 0.2) is 0 Å². The molecule has 0 fully saturated rings. The summed E-state index contributed by atoms with van der Waals surface area (Å²) in [6, 6.07) is 0. The van der Waals surface area contributed by atoms with Crippen molar-refractivity contribution in [3.63, 3.8) is 0 Å². The first-order valence-corrected chi connectivity index (χ1v) is 4.63. The summed E-state index contributed by atoms with van der Waals surface area (Å²) in [6.45, 7) is 0. The summed E-state index contributed by atoms with van der Waals surface area (Å²) >= 11 is -2.66. The van der Waals surface area contributed by atoms with Crippen molar-refractivity contribution in [1.29, 1.82) is 0 Å². The Morgan fingerprint density at radius 3 is 2.18 bits per heavy atom. The van der Waals surface area contributed by atoms with E-state index >= 15 is 0 Å². The summed E-state index contributed by atoms with van der Waals surface area (Å²) in [6.07, 6.45) is -0.247. The third kappa shape index (κ3) is 4.00. The Bertz CT molecular complexity index is 257. The predicted molar refractivity (Wildman–Crippen MR) is 34.9 cm³/mol. The molecule has 0 saturated heterocycles. The van der Waals surface area contributed by atoms with E-state index in [0.29, 0.717) is 0 Å². The van der Waals surface area contributed by atoms with Crippen LogP contribution in [0.5, 0.6) is 0 Å². The second-order valence-corrected chi connectivity index (χ2v) is 3.39. The second kappa shape index (κ2) is 3.73. The molecule has 0 aromatic carbocycles. The normalized spacial score (nSPS) is 14.0. The zero-order valence-corrected chi connectivity index (χ0v) is 6.63. The lowest BCUT2D eigenvalue weighted by Crippen LogP contribution is -2.45. The molecule has 0 aliphatic carbocycles. The molecule has 1 unspecified atom stereocenters. The van der Waals surface area contributed by atoms with Crippen LogP contribution in [0.25, 0.3) is 0 Å². The highest BCUT2D eigenvalue weighted by molar-refractivity contribution is 7.88. The SMILES string of the molecule is NS(=O)(=O)N(C=O)NS(=O)O. The van der Waals surface area contributed by atoms with Gasteiger partial charge in [-0.3, -0.25) is 9.35 Å². The van der Waals surface area contributed by atoms with Crippen LogP contribution < -0.4 is 9.97 Å². The van der Waals surface area contributed by atoms with Crippen molar-refractivity contribution in [3.8, 4) is 0 Å². The molecule has 0 aromatic rings. The van der Waals surface area contributed by atoms with E-state index in [1.165, 1.54) is 4.83 Å². The summed E-state index contributed by atoms with van der Waals surface area (Å²) in [5.74, 6) is 0.